The van der Waals surface area contributed by atoms with Crippen molar-refractivity contribution in [3.8, 4) is 12.3 Å². The number of nitrogens with one attached hydrogen (secondary N) is 2. The summed E-state index contributed by atoms with van der Waals surface area (Å²) in [6.07, 6.45) is 4.22. The number of halogens is 3. The SMILES string of the molecule is C#CCN=CNC(=O)NCCCN(CCC)c1ncccc1C(F)(F)F. The number of urea groups is 1. The van der Waals surface area contributed by atoms with Crippen molar-refractivity contribution >= 4 is 18.2 Å². The van der Waals surface area contributed by atoms with E-state index >= 15 is 0 Å². The van der Waals surface area contributed by atoms with Crippen LogP contribution in [0.2, 0.25) is 0 Å². The lowest BCUT2D eigenvalue weighted by atomic mass is 10.2. The van der Waals surface area contributed by atoms with E-state index in [4.69, 9.17) is 6.42 Å². The molecule has 0 unspecified atom stereocenters. The first-order valence-electron chi connectivity index (χ1n) is 8.13. The molecule has 0 radical (unpaired) electrons. The normalized spacial score (nSPS) is 11.2. The zero-order valence-corrected chi connectivity index (χ0v) is 14.5. The quantitative estimate of drug-likeness (QED) is 0.304. The van der Waals surface area contributed by atoms with Crippen LogP contribution in [-0.2, 0) is 6.18 Å². The molecule has 2 N–H and O–H groups in total. The third-order valence-electron chi connectivity index (χ3n) is 3.25. The molecule has 0 saturated heterocycles. The van der Waals surface area contributed by atoms with E-state index in [1.54, 1.807) is 4.90 Å². The number of carbonyl (C=O) groups excluding carboxylic acids is 1. The first-order chi connectivity index (χ1) is 12.4. The lowest BCUT2D eigenvalue weighted by Gasteiger charge is -2.26. The van der Waals surface area contributed by atoms with Crippen molar-refractivity contribution in [1.82, 2.24) is 15.6 Å². The van der Waals surface area contributed by atoms with Crippen LogP contribution in [0.5, 0.6) is 0 Å². The summed E-state index contributed by atoms with van der Waals surface area (Å²) in [6.45, 7) is 3.11. The smallest absolute Gasteiger partial charge is 0.356 e. The number of aliphatic imine (C=N–C) groups is 1. The highest BCUT2D eigenvalue weighted by molar-refractivity contribution is 5.86. The van der Waals surface area contributed by atoms with Crippen molar-refractivity contribution in [1.29, 1.82) is 0 Å². The van der Waals surface area contributed by atoms with Gasteiger partial charge < -0.3 is 10.2 Å². The molecule has 0 spiro atoms. The summed E-state index contributed by atoms with van der Waals surface area (Å²) < 4.78 is 39.5. The van der Waals surface area contributed by atoms with Gasteiger partial charge in [0, 0.05) is 25.8 Å². The van der Waals surface area contributed by atoms with E-state index in [1.165, 1.54) is 18.6 Å². The van der Waals surface area contributed by atoms with Gasteiger partial charge in [-0.05, 0) is 25.0 Å². The molecule has 0 aliphatic heterocycles. The number of pyridine rings is 1. The number of rotatable bonds is 9. The molecular formula is C17H22F3N5O. The first-order valence-corrected chi connectivity index (χ1v) is 8.13. The zero-order valence-electron chi connectivity index (χ0n) is 14.5. The Bertz CT molecular complexity index is 640. The number of terminal acetylenes is 1. The maximum atomic E-state index is 13.2. The Hall–Kier alpha value is -2.76. The fraction of sp³-hybridized carbons (Fsp3) is 0.471. The number of anilines is 1. The number of carbonyl (C=O) groups is 1. The summed E-state index contributed by atoms with van der Waals surface area (Å²) in [5, 5.41) is 4.97. The van der Waals surface area contributed by atoms with Gasteiger partial charge in [-0.2, -0.15) is 13.2 Å². The van der Waals surface area contributed by atoms with Gasteiger partial charge >= 0.3 is 12.2 Å². The molecule has 1 aromatic rings. The number of amides is 2. The average Bonchev–Trinajstić information content (AvgIpc) is 2.60. The Morgan fingerprint density at radius 2 is 2.23 bits per heavy atom. The second kappa shape index (κ2) is 11.0. The first kappa shape index (κ1) is 21.3. The van der Waals surface area contributed by atoms with Crippen molar-refractivity contribution in [3.05, 3.63) is 23.9 Å². The predicted octanol–water partition coefficient (Wildman–Crippen LogP) is 2.67. The summed E-state index contributed by atoms with van der Waals surface area (Å²) in [6, 6.07) is 1.83. The van der Waals surface area contributed by atoms with Crippen LogP contribution in [0.3, 0.4) is 0 Å². The molecule has 0 aromatic carbocycles. The Morgan fingerprint density at radius 3 is 2.88 bits per heavy atom. The predicted molar refractivity (Wildman–Crippen MR) is 95.1 cm³/mol. The van der Waals surface area contributed by atoms with Gasteiger partial charge in [0.05, 0.1) is 11.9 Å². The summed E-state index contributed by atoms with van der Waals surface area (Å²) in [5.74, 6) is 2.20. The van der Waals surface area contributed by atoms with Crippen LogP contribution < -0.4 is 15.5 Å². The van der Waals surface area contributed by atoms with Crippen LogP contribution in [0.15, 0.2) is 23.3 Å². The number of nitrogens with zero attached hydrogens (tertiary/aromatic N) is 3. The highest BCUT2D eigenvalue weighted by Gasteiger charge is 2.35. The number of alkyl halides is 3. The van der Waals surface area contributed by atoms with Gasteiger partial charge in [0.2, 0.25) is 0 Å². The van der Waals surface area contributed by atoms with Crippen LogP contribution in [0, 0.1) is 12.3 Å². The third-order valence-corrected chi connectivity index (χ3v) is 3.25. The van der Waals surface area contributed by atoms with Crippen LogP contribution >= 0.6 is 0 Å². The second-order valence-electron chi connectivity index (χ2n) is 5.29. The van der Waals surface area contributed by atoms with E-state index < -0.39 is 17.8 Å². The minimum atomic E-state index is -4.47. The van der Waals surface area contributed by atoms with Crippen molar-refractivity contribution in [2.45, 2.75) is 25.9 Å². The van der Waals surface area contributed by atoms with E-state index in [1.807, 2.05) is 6.92 Å². The largest absolute Gasteiger partial charge is 0.419 e. The lowest BCUT2D eigenvalue weighted by Crippen LogP contribution is -2.37. The monoisotopic (exact) mass is 369 g/mol. The minimum Gasteiger partial charge on any atom is -0.356 e. The molecular weight excluding hydrogens is 347 g/mol. The molecule has 142 valence electrons. The Morgan fingerprint density at radius 1 is 1.46 bits per heavy atom. The van der Waals surface area contributed by atoms with Gasteiger partial charge in [-0.15, -0.1) is 6.42 Å². The van der Waals surface area contributed by atoms with E-state index in [-0.39, 0.29) is 12.4 Å². The van der Waals surface area contributed by atoms with Crippen LogP contribution in [0.4, 0.5) is 23.8 Å². The molecule has 0 saturated carbocycles. The molecule has 1 aromatic heterocycles. The maximum absolute atomic E-state index is 13.2. The second-order valence-corrected chi connectivity index (χ2v) is 5.29. The van der Waals surface area contributed by atoms with E-state index in [9.17, 15) is 18.0 Å². The van der Waals surface area contributed by atoms with Crippen molar-refractivity contribution in [2.75, 3.05) is 31.1 Å². The molecule has 0 aliphatic carbocycles. The molecule has 1 rings (SSSR count). The number of aromatic nitrogens is 1. The molecule has 1 heterocycles. The fourth-order valence-electron chi connectivity index (χ4n) is 2.19. The molecule has 26 heavy (non-hydrogen) atoms. The molecule has 2 amide bonds. The van der Waals surface area contributed by atoms with Gasteiger partial charge in [0.25, 0.3) is 0 Å². The van der Waals surface area contributed by atoms with Crippen molar-refractivity contribution < 1.29 is 18.0 Å². The summed E-state index contributed by atoms with van der Waals surface area (Å²) >= 11 is 0. The van der Waals surface area contributed by atoms with Crippen LogP contribution in [0.25, 0.3) is 0 Å². The highest BCUT2D eigenvalue weighted by Crippen LogP contribution is 2.35. The van der Waals surface area contributed by atoms with Crippen LogP contribution in [0.1, 0.15) is 25.3 Å². The van der Waals surface area contributed by atoms with Crippen LogP contribution in [-0.4, -0.2) is 43.5 Å². The van der Waals surface area contributed by atoms with Crippen molar-refractivity contribution in [2.24, 2.45) is 4.99 Å². The molecule has 9 heteroatoms. The Kier molecular flexibility index (Phi) is 8.98. The molecule has 0 atom stereocenters. The topological polar surface area (TPSA) is 69.6 Å². The minimum absolute atomic E-state index is 0.0901. The average molecular weight is 369 g/mol. The Labute approximate surface area is 150 Å². The van der Waals surface area contributed by atoms with Crippen molar-refractivity contribution in [3.63, 3.8) is 0 Å². The van der Waals surface area contributed by atoms with E-state index in [2.05, 4.69) is 26.5 Å². The van der Waals surface area contributed by atoms with Gasteiger partial charge in [-0.3, -0.25) is 10.3 Å². The highest BCUT2D eigenvalue weighted by atomic mass is 19.4. The van der Waals surface area contributed by atoms with Gasteiger partial charge in [0.1, 0.15) is 12.4 Å². The molecule has 0 fully saturated rings. The summed E-state index contributed by atoms with van der Waals surface area (Å²) in [4.78, 5) is 20.7. The van der Waals surface area contributed by atoms with E-state index in [0.29, 0.717) is 32.5 Å². The van der Waals surface area contributed by atoms with Gasteiger partial charge in [-0.25, -0.2) is 9.78 Å². The fourth-order valence-corrected chi connectivity index (χ4v) is 2.19. The molecule has 0 bridgehead atoms. The lowest BCUT2D eigenvalue weighted by molar-refractivity contribution is -0.137. The summed E-state index contributed by atoms with van der Waals surface area (Å²) in [7, 11) is 0. The zero-order chi connectivity index (χ0) is 19.4. The summed E-state index contributed by atoms with van der Waals surface area (Å²) in [5.41, 5.74) is -0.760. The van der Waals surface area contributed by atoms with Gasteiger partial charge in [-0.1, -0.05) is 12.8 Å². The van der Waals surface area contributed by atoms with Gasteiger partial charge in [0.15, 0.2) is 0 Å². The number of hydrogen-bond donors (Lipinski definition) is 2. The number of hydrogen-bond acceptors (Lipinski definition) is 4. The Balaban J connectivity index is 2.58. The van der Waals surface area contributed by atoms with E-state index in [0.717, 1.165) is 6.07 Å². The standard InChI is InChI=1S/C17H22F3N5O/c1-3-8-21-13-24-16(26)23-10-6-12-25(11-4-2)15-14(17(18,19)20)7-5-9-22-15/h1,5,7,9,13H,4,6,8,10-12H2,2H3,(H2,21,23,24,26). The third kappa shape index (κ3) is 7.42. The molecule has 0 aliphatic rings. The maximum Gasteiger partial charge on any atom is 0.419 e. The molecule has 6 nitrogen and oxygen atoms in total.